The molecule has 0 saturated carbocycles. The lowest BCUT2D eigenvalue weighted by molar-refractivity contribution is -0.124. The van der Waals surface area contributed by atoms with Crippen molar-refractivity contribution < 1.29 is 28.6 Å². The minimum absolute atomic E-state index is 0.260. The van der Waals surface area contributed by atoms with Gasteiger partial charge in [0.25, 0.3) is 5.91 Å². The highest BCUT2D eigenvalue weighted by molar-refractivity contribution is 5.90. The number of furan rings is 1. The van der Waals surface area contributed by atoms with Crippen molar-refractivity contribution >= 4 is 12.0 Å². The molecule has 0 radical (unpaired) electrons. The van der Waals surface area contributed by atoms with Gasteiger partial charge in [0, 0.05) is 19.2 Å². The number of aryl methyl sites for hydroxylation is 1. The minimum Gasteiger partial charge on any atom is -0.492 e. The fourth-order valence-corrected chi connectivity index (χ4v) is 3.57. The molecule has 8 nitrogen and oxygen atoms in total. The quantitative estimate of drug-likeness (QED) is 0.252. The number of nitrogens with one attached hydrogen (secondary N) is 1. The van der Waals surface area contributed by atoms with Crippen molar-refractivity contribution in [3.63, 3.8) is 0 Å². The number of hydroxylamine groups is 1. The summed E-state index contributed by atoms with van der Waals surface area (Å²) in [6, 6.07) is 17.7. The normalized spacial score (nSPS) is 12.4. The molecule has 0 atom stereocenters. The van der Waals surface area contributed by atoms with Crippen LogP contribution in [-0.2, 0) is 17.8 Å². The smallest absolute Gasteiger partial charge is 0.267 e. The summed E-state index contributed by atoms with van der Waals surface area (Å²) in [5, 5.41) is 8.61. The maximum Gasteiger partial charge on any atom is 0.267 e. The number of carbonyl (C=O) groups is 1. The number of rotatable bonds is 11. The molecule has 0 fully saturated rings. The van der Waals surface area contributed by atoms with E-state index in [2.05, 4.69) is 11.0 Å². The summed E-state index contributed by atoms with van der Waals surface area (Å²) in [6.07, 6.45) is 3.53. The summed E-state index contributed by atoms with van der Waals surface area (Å²) >= 11 is 0. The van der Waals surface area contributed by atoms with Crippen LogP contribution < -0.4 is 19.7 Å². The molecule has 0 aliphatic carbocycles. The zero-order chi connectivity index (χ0) is 23.8. The second kappa shape index (κ2) is 11.4. The first-order valence-corrected chi connectivity index (χ1v) is 11.1. The Balaban J connectivity index is 1.38. The summed E-state index contributed by atoms with van der Waals surface area (Å²) in [5.41, 5.74) is 3.91. The molecule has 1 aromatic heterocycles. The summed E-state index contributed by atoms with van der Waals surface area (Å²) in [6.45, 7) is 4.92. The topological polar surface area (TPSA) is 93.4 Å². The Morgan fingerprint density at radius 3 is 2.74 bits per heavy atom. The number of fused-ring (bicyclic) bond motifs is 1. The number of ether oxygens (including phenoxy) is 3. The number of carbonyl (C=O) groups excluding carboxylic acids is 1. The van der Waals surface area contributed by atoms with Gasteiger partial charge in [0.1, 0.15) is 23.9 Å². The van der Waals surface area contributed by atoms with Crippen LogP contribution in [0.1, 0.15) is 22.6 Å². The maximum atomic E-state index is 11.2. The molecule has 1 amide bonds. The van der Waals surface area contributed by atoms with Gasteiger partial charge in [0.15, 0.2) is 11.5 Å². The van der Waals surface area contributed by atoms with Gasteiger partial charge in [0.2, 0.25) is 6.79 Å². The monoisotopic (exact) mass is 464 g/mol. The maximum absolute atomic E-state index is 11.2. The second-order valence-corrected chi connectivity index (χ2v) is 7.99. The van der Waals surface area contributed by atoms with E-state index in [1.54, 1.807) is 11.5 Å². The Kier molecular flexibility index (Phi) is 7.85. The zero-order valence-electron chi connectivity index (χ0n) is 19.0. The van der Waals surface area contributed by atoms with Crippen LogP contribution in [0.15, 0.2) is 65.1 Å². The summed E-state index contributed by atoms with van der Waals surface area (Å²) < 4.78 is 22.7. The average molecular weight is 465 g/mol. The third kappa shape index (κ3) is 6.63. The van der Waals surface area contributed by atoms with E-state index < -0.39 is 5.91 Å². The highest BCUT2D eigenvalue weighted by Gasteiger charge is 2.15. The Bertz CT molecular complexity index is 1120. The van der Waals surface area contributed by atoms with Crippen LogP contribution in [0.25, 0.3) is 6.08 Å². The first-order chi connectivity index (χ1) is 16.6. The Morgan fingerprint density at radius 2 is 1.91 bits per heavy atom. The van der Waals surface area contributed by atoms with Gasteiger partial charge in [-0.05, 0) is 61.4 Å². The van der Waals surface area contributed by atoms with E-state index in [9.17, 15) is 4.79 Å². The SMILES string of the molecule is Cc1ccc(OCCN(CCc2ccc3c(c2)OCO3)Cc2ccc(/C=C/C(=O)NO)o2)cc1. The third-order valence-electron chi connectivity index (χ3n) is 5.42. The van der Waals surface area contributed by atoms with Gasteiger partial charge in [-0.3, -0.25) is 14.9 Å². The van der Waals surface area contributed by atoms with Crippen molar-refractivity contribution in [1.82, 2.24) is 10.4 Å². The number of hydrogen-bond acceptors (Lipinski definition) is 7. The Hall–Kier alpha value is -3.75. The van der Waals surface area contributed by atoms with E-state index in [4.69, 9.17) is 23.8 Å². The van der Waals surface area contributed by atoms with Gasteiger partial charge >= 0.3 is 0 Å². The summed E-state index contributed by atoms with van der Waals surface area (Å²) in [4.78, 5) is 13.4. The predicted molar refractivity (Wildman–Crippen MR) is 126 cm³/mol. The largest absolute Gasteiger partial charge is 0.492 e. The average Bonchev–Trinajstić information content (AvgIpc) is 3.51. The third-order valence-corrected chi connectivity index (χ3v) is 5.42. The fourth-order valence-electron chi connectivity index (χ4n) is 3.57. The molecule has 0 bridgehead atoms. The highest BCUT2D eigenvalue weighted by Crippen LogP contribution is 2.32. The van der Waals surface area contributed by atoms with E-state index in [1.165, 1.54) is 17.7 Å². The lowest BCUT2D eigenvalue weighted by atomic mass is 10.1. The molecule has 0 saturated heterocycles. The molecule has 2 heterocycles. The molecule has 2 N–H and O–H groups in total. The molecule has 8 heteroatoms. The van der Waals surface area contributed by atoms with Gasteiger partial charge in [-0.15, -0.1) is 0 Å². The molecule has 0 unspecified atom stereocenters. The Morgan fingerprint density at radius 1 is 1.09 bits per heavy atom. The van der Waals surface area contributed by atoms with Crippen LogP contribution in [0.2, 0.25) is 0 Å². The van der Waals surface area contributed by atoms with Crippen LogP contribution in [-0.4, -0.2) is 42.5 Å². The van der Waals surface area contributed by atoms with E-state index in [-0.39, 0.29) is 6.79 Å². The predicted octanol–water partition coefficient (Wildman–Crippen LogP) is 3.96. The number of hydrogen-bond donors (Lipinski definition) is 2. The minimum atomic E-state index is -0.614. The molecule has 0 spiro atoms. The zero-order valence-corrected chi connectivity index (χ0v) is 19.0. The van der Waals surface area contributed by atoms with Gasteiger partial charge in [-0.1, -0.05) is 23.8 Å². The van der Waals surface area contributed by atoms with Crippen molar-refractivity contribution in [1.29, 1.82) is 0 Å². The van der Waals surface area contributed by atoms with Crippen LogP contribution in [0.4, 0.5) is 0 Å². The van der Waals surface area contributed by atoms with E-state index in [0.717, 1.165) is 41.5 Å². The molecule has 3 aromatic rings. The number of nitrogens with zero attached hydrogens (tertiary/aromatic N) is 1. The fraction of sp³-hybridized carbons (Fsp3) is 0.269. The summed E-state index contributed by atoms with van der Waals surface area (Å²) in [7, 11) is 0. The van der Waals surface area contributed by atoms with Crippen molar-refractivity contribution in [3.8, 4) is 17.2 Å². The molecular formula is C26H28N2O6. The lowest BCUT2D eigenvalue weighted by Gasteiger charge is -2.21. The van der Waals surface area contributed by atoms with Crippen LogP contribution in [0.3, 0.4) is 0 Å². The van der Waals surface area contributed by atoms with Gasteiger partial charge < -0.3 is 18.6 Å². The van der Waals surface area contributed by atoms with Crippen LogP contribution >= 0.6 is 0 Å². The molecule has 1 aliphatic rings. The molecule has 178 valence electrons. The van der Waals surface area contributed by atoms with Gasteiger partial charge in [-0.25, -0.2) is 5.48 Å². The second-order valence-electron chi connectivity index (χ2n) is 7.99. The van der Waals surface area contributed by atoms with Gasteiger partial charge in [-0.2, -0.15) is 0 Å². The first kappa shape index (κ1) is 23.4. The Labute approximate surface area is 198 Å². The molecular weight excluding hydrogens is 436 g/mol. The number of amides is 1. The molecule has 1 aliphatic heterocycles. The van der Waals surface area contributed by atoms with Crippen LogP contribution in [0, 0.1) is 6.92 Å². The van der Waals surface area contributed by atoms with Gasteiger partial charge in [0.05, 0.1) is 6.54 Å². The number of benzene rings is 2. The van der Waals surface area contributed by atoms with Crippen molar-refractivity contribution in [2.24, 2.45) is 0 Å². The molecule has 34 heavy (non-hydrogen) atoms. The van der Waals surface area contributed by atoms with Crippen molar-refractivity contribution in [2.75, 3.05) is 26.5 Å². The van der Waals surface area contributed by atoms with Crippen molar-refractivity contribution in [2.45, 2.75) is 19.9 Å². The molecule has 4 rings (SSSR count). The summed E-state index contributed by atoms with van der Waals surface area (Å²) in [5.74, 6) is 3.08. The van der Waals surface area contributed by atoms with E-state index >= 15 is 0 Å². The van der Waals surface area contributed by atoms with E-state index in [1.807, 2.05) is 49.4 Å². The highest BCUT2D eigenvalue weighted by atomic mass is 16.7. The standard InChI is InChI=1S/C26H28N2O6/c1-19-2-5-21(6-3-19)31-15-14-28(13-12-20-4-10-24-25(16-20)33-18-32-24)17-23-8-7-22(34-23)9-11-26(29)27-30/h2-11,16,30H,12-15,17-18H2,1H3,(H,27,29)/b11-9+. The lowest BCUT2D eigenvalue weighted by Crippen LogP contribution is -2.30. The van der Waals surface area contributed by atoms with Crippen LogP contribution in [0.5, 0.6) is 17.2 Å². The van der Waals surface area contributed by atoms with Crippen molar-refractivity contribution in [3.05, 3.63) is 83.3 Å². The molecule has 2 aromatic carbocycles. The van der Waals surface area contributed by atoms with E-state index in [0.29, 0.717) is 25.5 Å². The first-order valence-electron chi connectivity index (χ1n) is 11.1.